The number of fused-ring (bicyclic) bond motifs is 15. The van der Waals surface area contributed by atoms with E-state index in [2.05, 4.69) is 536 Å². The van der Waals surface area contributed by atoms with Crippen LogP contribution >= 0.6 is 0 Å². The number of hydrogen-bond acceptors (Lipinski definition) is 6. The summed E-state index contributed by atoms with van der Waals surface area (Å²) in [5.74, 6) is 0. The summed E-state index contributed by atoms with van der Waals surface area (Å²) >= 11 is 0. The Hall–Kier alpha value is -18.4. The molecule has 3 heterocycles. The third kappa shape index (κ3) is 16.1. The van der Waals surface area contributed by atoms with Crippen molar-refractivity contribution >= 4 is 149 Å². The summed E-state index contributed by atoms with van der Waals surface area (Å²) in [6.45, 7) is 0. The second-order valence-corrected chi connectivity index (χ2v) is 34.9. The van der Waals surface area contributed by atoms with Gasteiger partial charge in [0.25, 0.3) is 0 Å². The molecule has 0 radical (unpaired) electrons. The number of para-hydroxylation sites is 4. The lowest BCUT2D eigenvalue weighted by Gasteiger charge is -2.27. The van der Waals surface area contributed by atoms with Gasteiger partial charge >= 0.3 is 0 Å². The summed E-state index contributed by atoms with van der Waals surface area (Å²) in [5.41, 5.74) is 33.8. The van der Waals surface area contributed by atoms with E-state index in [0.717, 1.165) is 128 Å². The van der Waals surface area contributed by atoms with Gasteiger partial charge in [-0.05, 0) is 237 Å². The van der Waals surface area contributed by atoms with Crippen LogP contribution in [-0.4, -0.2) is 0 Å². The van der Waals surface area contributed by atoms with Gasteiger partial charge in [-0.1, -0.05) is 425 Å². The Bertz CT molecular complexity index is 8890. The molecule has 138 heavy (non-hydrogen) atoms. The topological polar surface area (TPSA) is 49.1 Å². The van der Waals surface area contributed by atoms with Gasteiger partial charge in [0.2, 0.25) is 0 Å². The summed E-state index contributed by atoms with van der Waals surface area (Å²) < 4.78 is 20.1. The fraction of sp³-hybridized carbons (Fsp3) is 0. The minimum atomic E-state index is 0.876. The molecule has 6 heteroatoms. The molecule has 0 saturated carbocycles. The van der Waals surface area contributed by atoms with E-state index < -0.39 is 0 Å². The zero-order valence-corrected chi connectivity index (χ0v) is 75.5. The smallest absolute Gasteiger partial charge is 0.160 e. The highest BCUT2D eigenvalue weighted by Crippen LogP contribution is 2.52. The van der Waals surface area contributed by atoms with Crippen molar-refractivity contribution in [3.05, 3.63) is 540 Å². The SMILES string of the molecule is c1ccc(-c2ccc(-c3ccc(N(c4ccc(-c5ccccc5)cc4)c4cc5ccccc5c5c4oc4ccccc45)cc3)cc2)cc1.c1ccc(-c2ccc(-c3ccc(N(c4cccc(-c5ccccc5)c4)c4cc5ccccc5c5c4oc4ccccc45)cc3)cc2)cc1.c1ccc(-c2cccc(-c3cccc(N(c4ccccc4)c4cc5ccccc5c5c4oc4ccccc45)c3)c2)cc1. The molecular weight excluding hydrogens is 1680 g/mol. The van der Waals surface area contributed by atoms with E-state index in [1.165, 1.54) is 110 Å². The summed E-state index contributed by atoms with van der Waals surface area (Å²) in [7, 11) is 0. The number of hydrogen-bond donors (Lipinski definition) is 0. The maximum absolute atomic E-state index is 6.73. The van der Waals surface area contributed by atoms with Crippen LogP contribution in [0.1, 0.15) is 0 Å². The highest BCUT2D eigenvalue weighted by Gasteiger charge is 2.27. The van der Waals surface area contributed by atoms with Crippen molar-refractivity contribution in [2.24, 2.45) is 0 Å². The summed E-state index contributed by atoms with van der Waals surface area (Å²) in [5, 5.41) is 13.9. The first kappa shape index (κ1) is 82.8. The van der Waals surface area contributed by atoms with Crippen molar-refractivity contribution in [3.8, 4) is 89.0 Å². The second kappa shape index (κ2) is 36.7. The summed E-state index contributed by atoms with van der Waals surface area (Å²) in [6, 6.07) is 191. The number of furan rings is 3. The molecule has 0 aliphatic carbocycles. The lowest BCUT2D eigenvalue weighted by Crippen LogP contribution is -2.10. The Morgan fingerprint density at radius 2 is 0.312 bits per heavy atom. The quantitative estimate of drug-likeness (QED) is 0.0905. The molecule has 26 rings (SSSR count). The molecule has 0 spiro atoms. The molecule has 0 atom stereocenters. The molecule has 23 aromatic carbocycles. The normalized spacial score (nSPS) is 11.3. The van der Waals surface area contributed by atoms with Crippen molar-refractivity contribution in [2.45, 2.75) is 0 Å². The Labute approximate surface area is 800 Å². The van der Waals surface area contributed by atoms with Crippen LogP contribution in [0.3, 0.4) is 0 Å². The first-order valence-electron chi connectivity index (χ1n) is 47.0. The second-order valence-electron chi connectivity index (χ2n) is 34.9. The van der Waals surface area contributed by atoms with Crippen molar-refractivity contribution in [2.75, 3.05) is 14.7 Å². The maximum Gasteiger partial charge on any atom is 0.160 e. The van der Waals surface area contributed by atoms with Gasteiger partial charge in [0.15, 0.2) is 16.7 Å². The van der Waals surface area contributed by atoms with E-state index in [1.807, 2.05) is 18.2 Å². The van der Waals surface area contributed by atoms with Crippen molar-refractivity contribution in [3.63, 3.8) is 0 Å². The minimum absolute atomic E-state index is 0.876. The molecule has 0 N–H and O–H groups in total. The lowest BCUT2D eigenvalue weighted by atomic mass is 9.98. The Kier molecular flexibility index (Phi) is 22.0. The van der Waals surface area contributed by atoms with Crippen molar-refractivity contribution in [1.82, 2.24) is 0 Å². The predicted octanol–water partition coefficient (Wildman–Crippen LogP) is 38.0. The number of benzene rings is 23. The highest BCUT2D eigenvalue weighted by atomic mass is 16.3. The number of rotatable bonds is 17. The molecule has 0 fully saturated rings. The van der Waals surface area contributed by atoms with Gasteiger partial charge in [0.05, 0.1) is 17.1 Å². The molecule has 0 unspecified atom stereocenters. The molecule has 0 saturated heterocycles. The van der Waals surface area contributed by atoms with Crippen LogP contribution in [0, 0.1) is 0 Å². The molecule has 0 bridgehead atoms. The van der Waals surface area contributed by atoms with Crippen LogP contribution in [0.4, 0.5) is 51.2 Å². The third-order valence-corrected chi connectivity index (χ3v) is 26.5. The standard InChI is InChI=1S/2C46H31NO.C40H27NO/c1-3-12-32(13-4-1)34-22-24-35(25-23-34)36-26-28-39(29-27-36)47(40-18-11-17-37(30-40)33-14-5-2-6-15-33)43-31-38-16-7-8-19-41(38)45-42-20-9-10-21-44(42)48-46(43)45;1-3-11-32(12-4-1)34-19-21-35(22-20-34)37-25-29-40(30-26-37)47(39-27-23-36(24-28-39)33-13-5-2-6-14-33)43-31-38-15-7-8-16-41(38)45-42-17-9-10-18-44(42)48-46(43)45;1-3-13-28(14-4-1)29-16-11-17-30(25-29)31-18-12-21-34(26-31)41(33-19-5-2-6-20-33)37-27-32-15-7-8-22-35(32)39-36-23-9-10-24-38(36)42-40(37)39/h2*1-31H;1-27H. The Balaban J connectivity index is 0.000000113. The van der Waals surface area contributed by atoms with Gasteiger partial charge < -0.3 is 28.0 Å². The van der Waals surface area contributed by atoms with Gasteiger partial charge in [-0.15, -0.1) is 0 Å². The van der Waals surface area contributed by atoms with Crippen molar-refractivity contribution in [1.29, 1.82) is 0 Å². The average Bonchev–Trinajstić information content (AvgIpc) is 1.57. The predicted molar refractivity (Wildman–Crippen MR) is 581 cm³/mol. The fourth-order valence-corrected chi connectivity index (χ4v) is 19.8. The zero-order chi connectivity index (χ0) is 91.6. The van der Waals surface area contributed by atoms with E-state index in [-0.39, 0.29) is 0 Å². The number of nitrogens with zero attached hydrogens (tertiary/aromatic N) is 3. The zero-order valence-electron chi connectivity index (χ0n) is 75.5. The van der Waals surface area contributed by atoms with E-state index in [4.69, 9.17) is 13.3 Å². The van der Waals surface area contributed by atoms with E-state index in [1.54, 1.807) is 0 Å². The minimum Gasteiger partial charge on any atom is -0.454 e. The van der Waals surface area contributed by atoms with Crippen LogP contribution in [0.25, 0.3) is 187 Å². The van der Waals surface area contributed by atoms with E-state index in [0.29, 0.717) is 0 Å². The Morgan fingerprint density at radius 1 is 0.123 bits per heavy atom. The van der Waals surface area contributed by atoms with E-state index in [9.17, 15) is 0 Å². The van der Waals surface area contributed by atoms with Gasteiger partial charge in [-0.2, -0.15) is 0 Å². The molecule has 6 nitrogen and oxygen atoms in total. The summed E-state index contributed by atoms with van der Waals surface area (Å²) in [6.07, 6.45) is 0. The summed E-state index contributed by atoms with van der Waals surface area (Å²) in [4.78, 5) is 6.99. The van der Waals surface area contributed by atoms with Crippen molar-refractivity contribution < 1.29 is 13.3 Å². The molecule has 650 valence electrons. The lowest BCUT2D eigenvalue weighted by molar-refractivity contribution is 0.669. The highest BCUT2D eigenvalue weighted by molar-refractivity contribution is 6.26. The molecule has 0 aliphatic heterocycles. The van der Waals surface area contributed by atoms with Crippen LogP contribution in [-0.2, 0) is 0 Å². The van der Waals surface area contributed by atoms with Gasteiger partial charge in [0.1, 0.15) is 16.7 Å². The average molecular weight is 1770 g/mol. The third-order valence-electron chi connectivity index (χ3n) is 26.5. The monoisotopic (exact) mass is 1760 g/mol. The van der Waals surface area contributed by atoms with Crippen LogP contribution in [0.5, 0.6) is 0 Å². The largest absolute Gasteiger partial charge is 0.454 e. The molecule has 0 amide bonds. The van der Waals surface area contributed by atoms with Crippen LogP contribution in [0.2, 0.25) is 0 Å². The maximum atomic E-state index is 6.73. The van der Waals surface area contributed by atoms with Gasteiger partial charge in [0, 0.05) is 66.4 Å². The first-order valence-corrected chi connectivity index (χ1v) is 47.0. The Morgan fingerprint density at radius 3 is 0.616 bits per heavy atom. The van der Waals surface area contributed by atoms with Crippen LogP contribution < -0.4 is 14.7 Å². The molecule has 0 aliphatic rings. The van der Waals surface area contributed by atoms with E-state index >= 15 is 0 Å². The number of anilines is 9. The molecular formula is C132H89N3O3. The fourth-order valence-electron chi connectivity index (χ4n) is 19.8. The molecule has 3 aromatic heterocycles. The van der Waals surface area contributed by atoms with Gasteiger partial charge in [-0.25, -0.2) is 0 Å². The molecule has 26 aromatic rings. The van der Waals surface area contributed by atoms with Crippen LogP contribution in [0.15, 0.2) is 553 Å². The first-order chi connectivity index (χ1) is 68.4. The van der Waals surface area contributed by atoms with Gasteiger partial charge in [-0.3, -0.25) is 0 Å².